The molecule has 3 aliphatic heterocycles. The van der Waals surface area contributed by atoms with Crippen molar-refractivity contribution in [2.75, 3.05) is 32.7 Å². The molecule has 4 heterocycles. The number of rotatable bonds is 3. The first kappa shape index (κ1) is 13.4. The normalized spacial score (nSPS) is 31.7. The number of hydrogen-bond donors (Lipinski definition) is 1. The van der Waals surface area contributed by atoms with Gasteiger partial charge in [0.15, 0.2) is 0 Å². The van der Waals surface area contributed by atoms with Crippen LogP contribution in [0.3, 0.4) is 0 Å². The molecule has 2 atom stereocenters. The minimum absolute atomic E-state index is 0.121. The first-order valence-corrected chi connectivity index (χ1v) is 7.34. The predicted molar refractivity (Wildman–Crippen MR) is 76.4 cm³/mol. The topological polar surface area (TPSA) is 50.3 Å². The summed E-state index contributed by atoms with van der Waals surface area (Å²) in [5, 5.41) is 5.13. The Morgan fingerprint density at radius 1 is 1.37 bits per heavy atom. The molecule has 2 N–H and O–H groups in total. The number of nitrogens with zero attached hydrogens (tertiary/aromatic N) is 4. The van der Waals surface area contributed by atoms with E-state index in [-0.39, 0.29) is 6.04 Å². The van der Waals surface area contributed by atoms with Gasteiger partial charge in [-0.3, -0.25) is 14.5 Å². The van der Waals surface area contributed by atoms with Crippen LogP contribution in [0.25, 0.3) is 0 Å². The molecular weight excluding hydrogens is 262 g/mol. The van der Waals surface area contributed by atoms with Crippen molar-refractivity contribution in [3.8, 4) is 0 Å². The average molecular weight is 284 g/mol. The summed E-state index contributed by atoms with van der Waals surface area (Å²) in [6.45, 7) is 7.71. The molecule has 0 amide bonds. The van der Waals surface area contributed by atoms with Crippen LogP contribution in [0.2, 0.25) is 5.02 Å². The summed E-state index contributed by atoms with van der Waals surface area (Å²) in [5.41, 5.74) is 8.39. The second kappa shape index (κ2) is 5.05. The molecule has 0 aliphatic carbocycles. The molecule has 3 saturated heterocycles. The Morgan fingerprint density at radius 3 is 2.53 bits per heavy atom. The summed E-state index contributed by atoms with van der Waals surface area (Å²) in [4.78, 5) is 5.04. The summed E-state index contributed by atoms with van der Waals surface area (Å²) >= 11 is 6.31. The van der Waals surface area contributed by atoms with E-state index in [1.165, 1.54) is 13.1 Å². The van der Waals surface area contributed by atoms with E-state index in [0.29, 0.717) is 6.04 Å². The summed E-state index contributed by atoms with van der Waals surface area (Å²) in [7, 11) is 1.94. The second-order valence-electron chi connectivity index (χ2n) is 5.74. The van der Waals surface area contributed by atoms with Crippen molar-refractivity contribution in [3.63, 3.8) is 0 Å². The summed E-state index contributed by atoms with van der Waals surface area (Å²) in [6.07, 6.45) is 0.797. The predicted octanol–water partition coefficient (Wildman–Crippen LogP) is 0.252. The SMILES string of the molecule is Cc1nn(C)c(CC(N)C2CN3CCN2CC3)c1Cl. The smallest absolute Gasteiger partial charge is 0.0847 e. The van der Waals surface area contributed by atoms with Crippen molar-refractivity contribution < 1.29 is 0 Å². The van der Waals surface area contributed by atoms with E-state index in [1.807, 2.05) is 18.7 Å². The third-order valence-electron chi connectivity index (χ3n) is 4.51. The van der Waals surface area contributed by atoms with Gasteiger partial charge in [-0.15, -0.1) is 0 Å². The molecule has 0 spiro atoms. The summed E-state index contributed by atoms with van der Waals surface area (Å²) in [5.74, 6) is 0. The van der Waals surface area contributed by atoms with Gasteiger partial charge in [0, 0.05) is 58.3 Å². The monoisotopic (exact) mass is 283 g/mol. The molecule has 2 bridgehead atoms. The van der Waals surface area contributed by atoms with Crippen molar-refractivity contribution in [2.45, 2.75) is 25.4 Å². The largest absolute Gasteiger partial charge is 0.326 e. The Bertz CT molecular complexity index is 464. The van der Waals surface area contributed by atoms with Gasteiger partial charge in [-0.05, 0) is 6.92 Å². The highest BCUT2D eigenvalue weighted by Crippen LogP contribution is 2.24. The van der Waals surface area contributed by atoms with Gasteiger partial charge in [-0.25, -0.2) is 0 Å². The van der Waals surface area contributed by atoms with Crippen molar-refractivity contribution in [1.82, 2.24) is 19.6 Å². The number of fused-ring (bicyclic) bond motifs is 3. The van der Waals surface area contributed by atoms with Crippen LogP contribution in [0.15, 0.2) is 0 Å². The highest BCUT2D eigenvalue weighted by molar-refractivity contribution is 6.31. The number of aryl methyl sites for hydroxylation is 2. The van der Waals surface area contributed by atoms with Crippen LogP contribution < -0.4 is 5.73 Å². The third-order valence-corrected chi connectivity index (χ3v) is 5.00. The Morgan fingerprint density at radius 2 is 2.05 bits per heavy atom. The van der Waals surface area contributed by atoms with Crippen LogP contribution in [0.4, 0.5) is 0 Å². The lowest BCUT2D eigenvalue weighted by Gasteiger charge is -2.49. The van der Waals surface area contributed by atoms with Crippen LogP contribution >= 0.6 is 11.6 Å². The Labute approximate surface area is 119 Å². The lowest BCUT2D eigenvalue weighted by atomic mass is 9.97. The number of piperazine rings is 3. The summed E-state index contributed by atoms with van der Waals surface area (Å²) < 4.78 is 1.87. The Balaban J connectivity index is 1.73. The standard InChI is InChI=1S/C13H22ClN5/c1-9-13(14)11(17(2)16-9)7-10(15)12-8-18-3-5-19(12)6-4-18/h10,12H,3-8,15H2,1-2H3. The van der Waals surface area contributed by atoms with E-state index < -0.39 is 0 Å². The van der Waals surface area contributed by atoms with Crippen molar-refractivity contribution >= 4 is 11.6 Å². The molecule has 3 fully saturated rings. The molecular formula is C13H22ClN5. The summed E-state index contributed by atoms with van der Waals surface area (Å²) in [6, 6.07) is 0.573. The maximum atomic E-state index is 6.45. The number of aromatic nitrogens is 2. The zero-order valence-corrected chi connectivity index (χ0v) is 12.4. The maximum Gasteiger partial charge on any atom is 0.0847 e. The van der Waals surface area contributed by atoms with E-state index in [9.17, 15) is 0 Å². The van der Waals surface area contributed by atoms with Crippen molar-refractivity contribution in [1.29, 1.82) is 0 Å². The fourth-order valence-electron chi connectivity index (χ4n) is 3.32. The minimum atomic E-state index is 0.121. The quantitative estimate of drug-likeness (QED) is 0.864. The van der Waals surface area contributed by atoms with E-state index in [1.54, 1.807) is 0 Å². The fraction of sp³-hybridized carbons (Fsp3) is 0.769. The van der Waals surface area contributed by atoms with Crippen molar-refractivity contribution in [3.05, 3.63) is 16.4 Å². The van der Waals surface area contributed by atoms with Gasteiger partial charge in [0.1, 0.15) is 0 Å². The first-order chi connectivity index (χ1) is 9.06. The molecule has 0 saturated carbocycles. The molecule has 1 aromatic heterocycles. The van der Waals surface area contributed by atoms with E-state index in [4.69, 9.17) is 17.3 Å². The average Bonchev–Trinajstić information content (AvgIpc) is 2.66. The van der Waals surface area contributed by atoms with Gasteiger partial charge < -0.3 is 5.73 Å². The molecule has 0 aromatic carbocycles. The Kier molecular flexibility index (Phi) is 3.55. The zero-order chi connectivity index (χ0) is 13.6. The first-order valence-electron chi connectivity index (χ1n) is 6.96. The zero-order valence-electron chi connectivity index (χ0n) is 11.6. The molecule has 19 heavy (non-hydrogen) atoms. The van der Waals surface area contributed by atoms with E-state index in [0.717, 1.165) is 42.5 Å². The highest BCUT2D eigenvalue weighted by Gasteiger charge is 2.35. The molecule has 0 radical (unpaired) electrons. The highest BCUT2D eigenvalue weighted by atomic mass is 35.5. The van der Waals surface area contributed by atoms with Gasteiger partial charge in [-0.2, -0.15) is 5.10 Å². The van der Waals surface area contributed by atoms with Crippen LogP contribution in [0.5, 0.6) is 0 Å². The third kappa shape index (κ3) is 2.40. The van der Waals surface area contributed by atoms with Crippen LogP contribution in [-0.2, 0) is 13.5 Å². The van der Waals surface area contributed by atoms with Gasteiger partial charge in [0.05, 0.1) is 16.4 Å². The van der Waals surface area contributed by atoms with Gasteiger partial charge in [0.25, 0.3) is 0 Å². The minimum Gasteiger partial charge on any atom is -0.326 e. The number of hydrogen-bond acceptors (Lipinski definition) is 4. The second-order valence-corrected chi connectivity index (χ2v) is 6.12. The van der Waals surface area contributed by atoms with Crippen molar-refractivity contribution in [2.24, 2.45) is 12.8 Å². The molecule has 4 rings (SSSR count). The molecule has 1 aromatic rings. The maximum absolute atomic E-state index is 6.45. The Hall–Kier alpha value is -0.620. The fourth-order valence-corrected chi connectivity index (χ4v) is 3.56. The number of halogens is 1. The molecule has 6 heteroatoms. The van der Waals surface area contributed by atoms with Crippen LogP contribution in [0.1, 0.15) is 11.4 Å². The van der Waals surface area contributed by atoms with Crippen LogP contribution in [-0.4, -0.2) is 64.4 Å². The van der Waals surface area contributed by atoms with Crippen LogP contribution in [0, 0.1) is 6.92 Å². The molecule has 106 valence electrons. The molecule has 5 nitrogen and oxygen atoms in total. The number of nitrogens with two attached hydrogens (primary N) is 1. The van der Waals surface area contributed by atoms with E-state index in [2.05, 4.69) is 14.9 Å². The molecule has 2 unspecified atom stereocenters. The lowest BCUT2D eigenvalue weighted by Crippen LogP contribution is -2.66. The van der Waals surface area contributed by atoms with Gasteiger partial charge in [-0.1, -0.05) is 11.6 Å². The van der Waals surface area contributed by atoms with Gasteiger partial charge >= 0.3 is 0 Å². The van der Waals surface area contributed by atoms with Gasteiger partial charge in [0.2, 0.25) is 0 Å². The van der Waals surface area contributed by atoms with E-state index >= 15 is 0 Å². The lowest BCUT2D eigenvalue weighted by molar-refractivity contribution is 0.00237. The molecule has 3 aliphatic rings.